The first kappa shape index (κ1) is 11.1. The Morgan fingerprint density at radius 2 is 1.36 bits per heavy atom. The zero-order valence-electron chi connectivity index (χ0n) is 6.36. The molecule has 0 aliphatic heterocycles. The summed E-state index contributed by atoms with van der Waals surface area (Å²) in [5, 5.41) is 37.9. The number of nitro benzene ring substituents is 1. The molecular formula is C6H3Br2NO5. The molecule has 0 heterocycles. The second-order valence-electron chi connectivity index (χ2n) is 2.28. The second kappa shape index (κ2) is 3.62. The zero-order chi connectivity index (χ0) is 11.0. The van der Waals surface area contributed by atoms with E-state index in [4.69, 9.17) is 15.3 Å². The van der Waals surface area contributed by atoms with Crippen molar-refractivity contribution in [2.24, 2.45) is 0 Å². The quantitative estimate of drug-likeness (QED) is 0.416. The molecule has 0 atom stereocenters. The monoisotopic (exact) mass is 327 g/mol. The lowest BCUT2D eigenvalue weighted by Crippen LogP contribution is -1.92. The predicted octanol–water partition coefficient (Wildman–Crippen LogP) is 2.24. The van der Waals surface area contributed by atoms with E-state index in [0.29, 0.717) is 0 Å². The first-order valence-electron chi connectivity index (χ1n) is 3.14. The third-order valence-corrected chi connectivity index (χ3v) is 2.97. The van der Waals surface area contributed by atoms with Gasteiger partial charge in [-0.15, -0.1) is 0 Å². The Bertz CT molecular complexity index is 390. The molecule has 8 heteroatoms. The fourth-order valence-corrected chi connectivity index (χ4v) is 2.13. The molecular weight excluding hydrogens is 326 g/mol. The fourth-order valence-electron chi connectivity index (χ4n) is 0.801. The number of benzene rings is 1. The van der Waals surface area contributed by atoms with Crippen LogP contribution in [-0.4, -0.2) is 20.2 Å². The van der Waals surface area contributed by atoms with Crippen molar-refractivity contribution in [2.75, 3.05) is 0 Å². The van der Waals surface area contributed by atoms with Crippen LogP contribution in [0.25, 0.3) is 0 Å². The number of aromatic hydroxyl groups is 3. The molecule has 6 nitrogen and oxygen atoms in total. The standard InChI is InChI=1S/C6H3Br2NO5/c7-1-3(9(13)14)2(8)5(11)6(12)4(1)10/h10-12H. The Morgan fingerprint density at radius 3 is 1.64 bits per heavy atom. The number of nitro groups is 1. The molecule has 0 spiro atoms. The average molecular weight is 329 g/mol. The van der Waals surface area contributed by atoms with Gasteiger partial charge in [0.15, 0.2) is 11.5 Å². The largest absolute Gasteiger partial charge is 0.503 e. The van der Waals surface area contributed by atoms with Crippen LogP contribution in [0.2, 0.25) is 0 Å². The molecule has 1 rings (SSSR count). The summed E-state index contributed by atoms with van der Waals surface area (Å²) >= 11 is 5.45. The lowest BCUT2D eigenvalue weighted by atomic mass is 10.2. The molecule has 76 valence electrons. The summed E-state index contributed by atoms with van der Waals surface area (Å²) in [7, 11) is 0. The van der Waals surface area contributed by atoms with Crippen molar-refractivity contribution in [1.29, 1.82) is 0 Å². The van der Waals surface area contributed by atoms with Gasteiger partial charge in [-0.3, -0.25) is 10.1 Å². The lowest BCUT2D eigenvalue weighted by molar-refractivity contribution is -0.386. The van der Waals surface area contributed by atoms with E-state index in [0.717, 1.165) is 0 Å². The van der Waals surface area contributed by atoms with Crippen molar-refractivity contribution in [1.82, 2.24) is 0 Å². The Labute approximate surface area is 94.2 Å². The van der Waals surface area contributed by atoms with Gasteiger partial charge in [-0.05, 0) is 31.9 Å². The van der Waals surface area contributed by atoms with Crippen LogP contribution < -0.4 is 0 Å². The maximum Gasteiger partial charge on any atom is 0.305 e. The van der Waals surface area contributed by atoms with Crippen LogP contribution in [0.15, 0.2) is 8.95 Å². The summed E-state index contributed by atoms with van der Waals surface area (Å²) in [6.07, 6.45) is 0. The fraction of sp³-hybridized carbons (Fsp3) is 0. The van der Waals surface area contributed by atoms with Gasteiger partial charge in [-0.25, -0.2) is 0 Å². The Balaban J connectivity index is 3.68. The van der Waals surface area contributed by atoms with Crippen LogP contribution in [0.1, 0.15) is 0 Å². The molecule has 0 amide bonds. The van der Waals surface area contributed by atoms with Gasteiger partial charge < -0.3 is 15.3 Å². The highest BCUT2D eigenvalue weighted by molar-refractivity contribution is 9.11. The molecule has 14 heavy (non-hydrogen) atoms. The Morgan fingerprint density at radius 1 is 1.00 bits per heavy atom. The van der Waals surface area contributed by atoms with Crippen LogP contribution in [0.3, 0.4) is 0 Å². The first-order chi connectivity index (χ1) is 6.37. The van der Waals surface area contributed by atoms with Gasteiger partial charge >= 0.3 is 5.69 Å². The Hall–Kier alpha value is -1.02. The molecule has 0 saturated carbocycles. The summed E-state index contributed by atoms with van der Waals surface area (Å²) in [5.41, 5.74) is -0.558. The van der Waals surface area contributed by atoms with Crippen LogP contribution in [0.5, 0.6) is 17.2 Å². The molecule has 1 aromatic rings. The van der Waals surface area contributed by atoms with Gasteiger partial charge in [-0.1, -0.05) is 0 Å². The maximum absolute atomic E-state index is 10.5. The van der Waals surface area contributed by atoms with Crippen LogP contribution in [0, 0.1) is 10.1 Å². The number of halogens is 2. The highest BCUT2D eigenvalue weighted by Gasteiger charge is 2.28. The van der Waals surface area contributed by atoms with Gasteiger partial charge in [0.2, 0.25) is 5.75 Å². The molecule has 0 fully saturated rings. The van der Waals surface area contributed by atoms with E-state index in [1.54, 1.807) is 0 Å². The second-order valence-corrected chi connectivity index (χ2v) is 3.87. The zero-order valence-corrected chi connectivity index (χ0v) is 9.53. The third kappa shape index (κ3) is 1.50. The van der Waals surface area contributed by atoms with Gasteiger partial charge in [0.05, 0.1) is 4.92 Å². The number of phenols is 3. The van der Waals surface area contributed by atoms with E-state index in [2.05, 4.69) is 31.9 Å². The van der Waals surface area contributed by atoms with Gasteiger partial charge in [-0.2, -0.15) is 0 Å². The van der Waals surface area contributed by atoms with Crippen molar-refractivity contribution in [3.63, 3.8) is 0 Å². The van der Waals surface area contributed by atoms with E-state index < -0.39 is 27.9 Å². The van der Waals surface area contributed by atoms with E-state index >= 15 is 0 Å². The number of nitrogens with zero attached hydrogens (tertiary/aromatic N) is 1. The average Bonchev–Trinajstić information content (AvgIpc) is 2.11. The van der Waals surface area contributed by atoms with Crippen molar-refractivity contribution in [3.05, 3.63) is 19.1 Å². The van der Waals surface area contributed by atoms with Gasteiger partial charge in [0, 0.05) is 0 Å². The minimum Gasteiger partial charge on any atom is -0.503 e. The van der Waals surface area contributed by atoms with E-state index in [1.807, 2.05) is 0 Å². The molecule has 0 bridgehead atoms. The summed E-state index contributed by atoms with van der Waals surface area (Å²) in [4.78, 5) is 9.69. The van der Waals surface area contributed by atoms with Crippen LogP contribution in [-0.2, 0) is 0 Å². The topological polar surface area (TPSA) is 104 Å². The normalized spacial score (nSPS) is 10.1. The molecule has 0 unspecified atom stereocenters. The summed E-state index contributed by atoms with van der Waals surface area (Å²) < 4.78 is -0.602. The van der Waals surface area contributed by atoms with Gasteiger partial charge in [0.25, 0.3) is 0 Å². The first-order valence-corrected chi connectivity index (χ1v) is 4.72. The third-order valence-electron chi connectivity index (χ3n) is 1.46. The predicted molar refractivity (Wildman–Crippen MR) is 53.5 cm³/mol. The van der Waals surface area contributed by atoms with E-state index in [9.17, 15) is 10.1 Å². The number of phenolic OH excluding ortho intramolecular Hbond substituents is 3. The number of hydrogen-bond donors (Lipinski definition) is 3. The SMILES string of the molecule is O=[N+]([O-])c1c(Br)c(O)c(O)c(O)c1Br. The number of rotatable bonds is 1. The molecule has 0 radical (unpaired) electrons. The summed E-state index contributed by atoms with van der Waals surface area (Å²) in [5.74, 6) is -2.39. The minimum absolute atomic E-state index is 0.301. The highest BCUT2D eigenvalue weighted by Crippen LogP contribution is 2.51. The van der Waals surface area contributed by atoms with Crippen molar-refractivity contribution < 1.29 is 20.2 Å². The number of hydrogen-bond acceptors (Lipinski definition) is 5. The molecule has 1 aromatic carbocycles. The van der Waals surface area contributed by atoms with Crippen LogP contribution >= 0.6 is 31.9 Å². The summed E-state index contributed by atoms with van der Waals surface area (Å²) in [6, 6.07) is 0. The van der Waals surface area contributed by atoms with E-state index in [-0.39, 0.29) is 8.95 Å². The summed E-state index contributed by atoms with van der Waals surface area (Å²) in [6.45, 7) is 0. The molecule has 0 aliphatic carbocycles. The van der Waals surface area contributed by atoms with Crippen molar-refractivity contribution >= 4 is 37.5 Å². The van der Waals surface area contributed by atoms with Crippen molar-refractivity contribution in [2.45, 2.75) is 0 Å². The molecule has 0 aliphatic rings. The molecule has 0 saturated heterocycles. The molecule has 0 aromatic heterocycles. The van der Waals surface area contributed by atoms with Crippen LogP contribution in [0.4, 0.5) is 5.69 Å². The minimum atomic E-state index is -0.825. The maximum atomic E-state index is 10.5. The lowest BCUT2D eigenvalue weighted by Gasteiger charge is -2.06. The highest BCUT2D eigenvalue weighted by atomic mass is 79.9. The van der Waals surface area contributed by atoms with Gasteiger partial charge in [0.1, 0.15) is 8.95 Å². The van der Waals surface area contributed by atoms with Crippen molar-refractivity contribution in [3.8, 4) is 17.2 Å². The molecule has 3 N–H and O–H groups in total. The Kier molecular flexibility index (Phi) is 2.86. The smallest absolute Gasteiger partial charge is 0.305 e. The van der Waals surface area contributed by atoms with E-state index in [1.165, 1.54) is 0 Å².